The van der Waals surface area contributed by atoms with Gasteiger partial charge < -0.3 is 28.2 Å². The van der Waals surface area contributed by atoms with E-state index in [4.69, 9.17) is 28.2 Å². The van der Waals surface area contributed by atoms with Crippen LogP contribution in [0.5, 0.6) is 0 Å². The van der Waals surface area contributed by atoms with Crippen molar-refractivity contribution in [1.82, 2.24) is 0 Å². The lowest BCUT2D eigenvalue weighted by atomic mass is 10.1. The third-order valence-corrected chi connectivity index (χ3v) is 14.2. The van der Waals surface area contributed by atoms with Crippen molar-refractivity contribution in [2.75, 3.05) is 35.5 Å². The molecule has 1 saturated heterocycles. The molecule has 1 fully saturated rings. The standard InChI is InChI=1S/C15H35NO5Si2/c1-7-14(16)22(18-3)12-8-10-15(22,17-2)11-9-13-23(19-4,20-5)21-6/h14H,7-13,16H2,1-6H3. The van der Waals surface area contributed by atoms with E-state index in [0.29, 0.717) is 0 Å². The molecule has 0 aliphatic carbocycles. The molecule has 2 N–H and O–H groups in total. The Morgan fingerprint density at radius 2 is 1.74 bits per heavy atom. The lowest BCUT2D eigenvalue weighted by Crippen LogP contribution is -2.67. The largest absolute Gasteiger partial charge is 0.500 e. The molecule has 23 heavy (non-hydrogen) atoms. The molecule has 0 radical (unpaired) electrons. The molecule has 0 aromatic rings. The van der Waals surface area contributed by atoms with E-state index in [0.717, 1.165) is 44.2 Å². The second-order valence-corrected chi connectivity index (χ2v) is 13.7. The van der Waals surface area contributed by atoms with Gasteiger partial charge in [0, 0.05) is 47.3 Å². The maximum absolute atomic E-state index is 6.50. The molecule has 6 nitrogen and oxygen atoms in total. The first-order valence-corrected chi connectivity index (χ1v) is 12.6. The molecule has 8 heteroatoms. The van der Waals surface area contributed by atoms with E-state index in [2.05, 4.69) is 6.92 Å². The Bertz CT molecular complexity index is 350. The van der Waals surface area contributed by atoms with E-state index in [-0.39, 0.29) is 10.9 Å². The molecule has 0 amide bonds. The molecule has 1 aliphatic heterocycles. The molecular weight excluding hydrogens is 330 g/mol. The van der Waals surface area contributed by atoms with Gasteiger partial charge in [0.15, 0.2) is 0 Å². The Morgan fingerprint density at radius 1 is 1.13 bits per heavy atom. The number of hydrogen-bond acceptors (Lipinski definition) is 6. The fourth-order valence-electron chi connectivity index (χ4n) is 4.23. The van der Waals surface area contributed by atoms with Crippen molar-refractivity contribution in [3.05, 3.63) is 0 Å². The number of methoxy groups -OCH3 is 1. The van der Waals surface area contributed by atoms with Crippen molar-refractivity contribution >= 4 is 17.1 Å². The minimum Gasteiger partial charge on any atom is -0.415 e. The Kier molecular flexibility index (Phi) is 8.35. The molecule has 3 atom stereocenters. The van der Waals surface area contributed by atoms with Crippen LogP contribution in [-0.4, -0.2) is 63.6 Å². The lowest BCUT2D eigenvalue weighted by molar-refractivity contribution is 0.0266. The summed E-state index contributed by atoms with van der Waals surface area (Å²) in [6.45, 7) is 2.13. The van der Waals surface area contributed by atoms with Crippen LogP contribution in [0.25, 0.3) is 0 Å². The molecule has 1 rings (SSSR count). The quantitative estimate of drug-likeness (QED) is 0.566. The number of hydrogen-bond donors (Lipinski definition) is 1. The first kappa shape index (κ1) is 21.2. The van der Waals surface area contributed by atoms with Crippen LogP contribution in [0.4, 0.5) is 0 Å². The normalized spacial score (nSPS) is 29.9. The highest BCUT2D eigenvalue weighted by molar-refractivity contribution is 6.78. The summed E-state index contributed by atoms with van der Waals surface area (Å²) in [6.07, 6.45) is 4.92. The highest BCUT2D eigenvalue weighted by atomic mass is 28.4. The Morgan fingerprint density at radius 3 is 2.17 bits per heavy atom. The zero-order valence-corrected chi connectivity index (χ0v) is 17.6. The summed E-state index contributed by atoms with van der Waals surface area (Å²) in [4.78, 5) is 0. The van der Waals surface area contributed by atoms with E-state index in [1.807, 2.05) is 14.2 Å². The SMILES string of the molecule is CCC(N)[Si]1(OC)CCCC1(CCC[Si](OC)(OC)OC)OC. The van der Waals surface area contributed by atoms with Gasteiger partial charge in [0.1, 0.15) is 0 Å². The van der Waals surface area contributed by atoms with Gasteiger partial charge in [-0.15, -0.1) is 0 Å². The summed E-state index contributed by atoms with van der Waals surface area (Å²) in [5, 5.41) is -0.216. The van der Waals surface area contributed by atoms with Gasteiger partial charge in [0.05, 0.1) is 5.22 Å². The third kappa shape index (κ3) is 3.90. The molecule has 0 aromatic carbocycles. The molecule has 0 saturated carbocycles. The van der Waals surface area contributed by atoms with Gasteiger partial charge in [-0.05, 0) is 31.7 Å². The molecule has 0 bridgehead atoms. The summed E-state index contributed by atoms with van der Waals surface area (Å²) < 4.78 is 28.8. The molecular formula is C15H35NO5Si2. The van der Waals surface area contributed by atoms with Crippen LogP contribution in [-0.2, 0) is 22.4 Å². The first-order chi connectivity index (χ1) is 10.9. The monoisotopic (exact) mass is 365 g/mol. The molecule has 1 heterocycles. The minimum absolute atomic E-state index is 0.101. The van der Waals surface area contributed by atoms with Crippen molar-refractivity contribution in [1.29, 1.82) is 0 Å². The lowest BCUT2D eigenvalue weighted by Gasteiger charge is -2.45. The van der Waals surface area contributed by atoms with Gasteiger partial charge in [-0.3, -0.25) is 0 Å². The van der Waals surface area contributed by atoms with Crippen LogP contribution in [0.15, 0.2) is 0 Å². The van der Waals surface area contributed by atoms with Crippen LogP contribution in [0.3, 0.4) is 0 Å². The Hall–Kier alpha value is 0.194. The average molecular weight is 366 g/mol. The number of ether oxygens (including phenoxy) is 1. The van der Waals surface area contributed by atoms with Crippen molar-refractivity contribution in [2.45, 2.75) is 62.0 Å². The van der Waals surface area contributed by atoms with Crippen LogP contribution in [0.2, 0.25) is 12.1 Å². The Labute approximate surface area is 143 Å². The second-order valence-electron chi connectivity index (χ2n) is 6.31. The smallest absolute Gasteiger partial charge is 0.415 e. The minimum atomic E-state index is -2.54. The van der Waals surface area contributed by atoms with Gasteiger partial charge in [0.2, 0.25) is 8.32 Å². The van der Waals surface area contributed by atoms with E-state index >= 15 is 0 Å². The number of rotatable bonds is 11. The summed E-state index contributed by atoms with van der Waals surface area (Å²) in [5.41, 5.74) is 6.60. The van der Waals surface area contributed by atoms with Crippen LogP contribution >= 0.6 is 0 Å². The average Bonchev–Trinajstić information content (AvgIpc) is 2.98. The maximum atomic E-state index is 6.50. The maximum Gasteiger partial charge on any atom is 0.500 e. The predicted octanol–water partition coefficient (Wildman–Crippen LogP) is 2.23. The van der Waals surface area contributed by atoms with Crippen LogP contribution < -0.4 is 5.73 Å². The van der Waals surface area contributed by atoms with E-state index < -0.39 is 17.1 Å². The van der Waals surface area contributed by atoms with Crippen LogP contribution in [0, 0.1) is 0 Å². The van der Waals surface area contributed by atoms with Crippen molar-refractivity contribution < 1.29 is 22.4 Å². The highest BCUT2D eigenvalue weighted by Gasteiger charge is 2.61. The van der Waals surface area contributed by atoms with Gasteiger partial charge in [-0.1, -0.05) is 13.3 Å². The summed E-state index contributed by atoms with van der Waals surface area (Å²) in [7, 11) is 3.88. The second kappa shape index (κ2) is 9.05. The van der Waals surface area contributed by atoms with E-state index in [9.17, 15) is 0 Å². The molecule has 3 unspecified atom stereocenters. The van der Waals surface area contributed by atoms with Crippen LogP contribution in [0.1, 0.15) is 39.0 Å². The third-order valence-electron chi connectivity index (χ3n) is 5.69. The molecule has 1 aliphatic rings. The molecule has 0 aromatic heterocycles. The fraction of sp³-hybridized carbons (Fsp3) is 1.00. The van der Waals surface area contributed by atoms with Crippen molar-refractivity contribution in [3.8, 4) is 0 Å². The number of nitrogens with two attached hydrogens (primary N) is 1. The van der Waals surface area contributed by atoms with Gasteiger partial charge in [-0.2, -0.15) is 0 Å². The predicted molar refractivity (Wildman–Crippen MR) is 95.6 cm³/mol. The topological polar surface area (TPSA) is 72.2 Å². The highest BCUT2D eigenvalue weighted by Crippen LogP contribution is 2.46. The summed E-state index contributed by atoms with van der Waals surface area (Å²) in [5.74, 6) is 0. The molecule has 138 valence electrons. The van der Waals surface area contributed by atoms with Gasteiger partial charge >= 0.3 is 8.80 Å². The van der Waals surface area contributed by atoms with Crippen molar-refractivity contribution in [3.63, 3.8) is 0 Å². The first-order valence-electron chi connectivity index (χ1n) is 8.46. The fourth-order valence-corrected chi connectivity index (χ4v) is 11.2. The molecule has 0 spiro atoms. The van der Waals surface area contributed by atoms with E-state index in [1.54, 1.807) is 21.3 Å². The van der Waals surface area contributed by atoms with Gasteiger partial charge in [0.25, 0.3) is 0 Å². The van der Waals surface area contributed by atoms with Crippen molar-refractivity contribution in [2.24, 2.45) is 5.73 Å². The van der Waals surface area contributed by atoms with E-state index in [1.165, 1.54) is 0 Å². The Balaban J connectivity index is 2.88. The zero-order chi connectivity index (χ0) is 17.6. The summed E-state index contributed by atoms with van der Waals surface area (Å²) >= 11 is 0. The summed E-state index contributed by atoms with van der Waals surface area (Å²) in [6, 6.07) is 1.85. The van der Waals surface area contributed by atoms with Gasteiger partial charge in [-0.25, -0.2) is 0 Å². The zero-order valence-electron chi connectivity index (χ0n) is 15.6.